The summed E-state index contributed by atoms with van der Waals surface area (Å²) in [6.07, 6.45) is 0. The number of hydrogen-bond donors (Lipinski definition) is 2. The third kappa shape index (κ3) is 4.63. The Kier molecular flexibility index (Phi) is 6.80. The summed E-state index contributed by atoms with van der Waals surface area (Å²) in [5, 5.41) is 6.32. The van der Waals surface area contributed by atoms with Crippen LogP contribution in [-0.4, -0.2) is 62.7 Å². The van der Waals surface area contributed by atoms with Crippen LogP contribution in [0.4, 0.5) is 0 Å². The van der Waals surface area contributed by atoms with Gasteiger partial charge < -0.3 is 15.5 Å². The van der Waals surface area contributed by atoms with Crippen molar-refractivity contribution in [3.05, 3.63) is 99.0 Å². The number of likely N-dealkylation sites (N-methyl/N-ethyl adjacent to an activating group) is 1. The highest BCUT2D eigenvalue weighted by molar-refractivity contribution is 7.89. The molecule has 3 aliphatic rings. The minimum Gasteiger partial charge on any atom is -0.321 e. The Morgan fingerprint density at radius 1 is 0.650 bits per heavy atom. The van der Waals surface area contributed by atoms with Crippen molar-refractivity contribution in [1.29, 1.82) is 0 Å². The predicted octanol–water partition coefficient (Wildman–Crippen LogP) is 3.98. The van der Waals surface area contributed by atoms with Crippen LogP contribution in [0.2, 0.25) is 10.0 Å². The lowest BCUT2D eigenvalue weighted by Crippen LogP contribution is -2.46. The number of benzene rings is 3. The van der Waals surface area contributed by atoms with Crippen molar-refractivity contribution < 1.29 is 18.0 Å². The first-order valence-corrected chi connectivity index (χ1v) is 14.8. The average Bonchev–Trinajstić information content (AvgIpc) is 3.48. The largest absolute Gasteiger partial charge is 0.321 e. The Morgan fingerprint density at radius 3 is 1.68 bits per heavy atom. The van der Waals surface area contributed by atoms with Crippen LogP contribution in [0, 0.1) is 0 Å². The van der Waals surface area contributed by atoms with Crippen LogP contribution in [0.3, 0.4) is 0 Å². The fraction of sp³-hybridized carbons (Fsp3) is 0.172. The predicted molar refractivity (Wildman–Crippen MR) is 155 cm³/mol. The molecule has 1 saturated heterocycles. The van der Waals surface area contributed by atoms with Crippen LogP contribution >= 0.6 is 23.2 Å². The van der Waals surface area contributed by atoms with Crippen LogP contribution in [0.25, 0.3) is 22.5 Å². The zero-order valence-corrected chi connectivity index (χ0v) is 23.7. The fourth-order valence-electron chi connectivity index (χ4n) is 5.09. The van der Waals surface area contributed by atoms with Gasteiger partial charge in [-0.25, -0.2) is 8.42 Å². The standard InChI is InChI=1S/C29H24Cl2N4O4S/c1-34-12-14-35(15-13-34)40(38,39)21-9-6-18(7-10-21)17-2-4-19(5-3-17)26-24-25(29(37)32-26)27(33-28(24)36)20-8-11-22(30)23(31)16-20/h2-11,16H,12-15H2,1H3,(H,32,37)(H,33,36). The molecule has 0 spiro atoms. The van der Waals surface area contributed by atoms with Gasteiger partial charge in [-0.1, -0.05) is 65.7 Å². The topological polar surface area (TPSA) is 98.8 Å². The van der Waals surface area contributed by atoms with Crippen molar-refractivity contribution in [2.75, 3.05) is 33.2 Å². The summed E-state index contributed by atoms with van der Waals surface area (Å²) in [5.74, 6) is -0.767. The van der Waals surface area contributed by atoms with E-state index in [4.69, 9.17) is 23.2 Å². The zero-order chi connectivity index (χ0) is 28.2. The minimum atomic E-state index is -3.55. The number of sulfonamides is 1. The summed E-state index contributed by atoms with van der Waals surface area (Å²) in [5.41, 5.74) is 4.31. The van der Waals surface area contributed by atoms with E-state index in [1.807, 2.05) is 31.3 Å². The van der Waals surface area contributed by atoms with Crippen LogP contribution < -0.4 is 10.6 Å². The molecule has 0 bridgehead atoms. The Morgan fingerprint density at radius 2 is 1.12 bits per heavy atom. The Bertz CT molecular complexity index is 1720. The number of nitrogens with zero attached hydrogens (tertiary/aromatic N) is 2. The van der Waals surface area contributed by atoms with Crippen LogP contribution in [0.15, 0.2) is 82.8 Å². The van der Waals surface area contributed by atoms with Crippen LogP contribution in [0.1, 0.15) is 11.1 Å². The molecule has 1 fully saturated rings. The summed E-state index contributed by atoms with van der Waals surface area (Å²) < 4.78 is 27.6. The molecule has 2 amide bonds. The highest BCUT2D eigenvalue weighted by Gasteiger charge is 2.41. The lowest BCUT2D eigenvalue weighted by Gasteiger charge is -2.31. The third-order valence-electron chi connectivity index (χ3n) is 7.35. The number of amides is 2. The molecule has 40 heavy (non-hydrogen) atoms. The van der Waals surface area contributed by atoms with E-state index >= 15 is 0 Å². The molecule has 8 nitrogen and oxygen atoms in total. The third-order valence-corrected chi connectivity index (χ3v) is 10.0. The summed E-state index contributed by atoms with van der Waals surface area (Å²) in [6, 6.07) is 19.1. The van der Waals surface area contributed by atoms with Gasteiger partial charge in [-0.05, 0) is 48.0 Å². The Labute approximate surface area is 241 Å². The first-order valence-electron chi connectivity index (χ1n) is 12.6. The number of hydrogen-bond acceptors (Lipinski definition) is 5. The smallest absolute Gasteiger partial charge is 0.258 e. The van der Waals surface area contributed by atoms with Gasteiger partial charge in [0.15, 0.2) is 0 Å². The second-order valence-electron chi connectivity index (χ2n) is 9.85. The van der Waals surface area contributed by atoms with Gasteiger partial charge in [0.25, 0.3) is 11.8 Å². The number of fused-ring (bicyclic) bond motifs is 1. The molecule has 2 N–H and O–H groups in total. The van der Waals surface area contributed by atoms with Gasteiger partial charge in [0, 0.05) is 31.7 Å². The maximum absolute atomic E-state index is 13.0. The van der Waals surface area contributed by atoms with E-state index in [2.05, 4.69) is 15.5 Å². The molecule has 11 heteroatoms. The van der Waals surface area contributed by atoms with E-state index in [1.165, 1.54) is 4.31 Å². The number of carbonyl (C=O) groups is 2. The monoisotopic (exact) mass is 594 g/mol. The molecule has 6 rings (SSSR count). The molecule has 3 aliphatic heterocycles. The number of halogens is 2. The molecular weight excluding hydrogens is 571 g/mol. The number of rotatable bonds is 5. The van der Waals surface area contributed by atoms with Gasteiger partial charge in [0.2, 0.25) is 10.0 Å². The quantitative estimate of drug-likeness (QED) is 0.465. The molecule has 204 valence electrons. The van der Waals surface area contributed by atoms with Crippen molar-refractivity contribution >= 4 is 56.4 Å². The zero-order valence-electron chi connectivity index (χ0n) is 21.4. The second kappa shape index (κ2) is 10.2. The van der Waals surface area contributed by atoms with Crippen molar-refractivity contribution in [2.45, 2.75) is 4.90 Å². The van der Waals surface area contributed by atoms with Crippen molar-refractivity contribution in [1.82, 2.24) is 19.8 Å². The normalized spacial score (nSPS) is 18.3. The summed E-state index contributed by atoms with van der Waals surface area (Å²) >= 11 is 12.2. The average molecular weight is 596 g/mol. The summed E-state index contributed by atoms with van der Waals surface area (Å²) in [6.45, 7) is 2.36. The van der Waals surface area contributed by atoms with E-state index in [0.29, 0.717) is 58.7 Å². The van der Waals surface area contributed by atoms with E-state index < -0.39 is 10.0 Å². The highest BCUT2D eigenvalue weighted by atomic mass is 35.5. The van der Waals surface area contributed by atoms with Gasteiger partial charge >= 0.3 is 0 Å². The lowest BCUT2D eigenvalue weighted by molar-refractivity contribution is -0.117. The maximum Gasteiger partial charge on any atom is 0.258 e. The maximum atomic E-state index is 13.0. The molecule has 0 saturated carbocycles. The first-order chi connectivity index (χ1) is 19.1. The number of nitrogens with one attached hydrogen (secondary N) is 2. The highest BCUT2D eigenvalue weighted by Crippen LogP contribution is 2.38. The molecular formula is C29H24Cl2N4O4S. The molecule has 0 aliphatic carbocycles. The van der Waals surface area contributed by atoms with Crippen molar-refractivity contribution in [3.63, 3.8) is 0 Å². The minimum absolute atomic E-state index is 0.264. The van der Waals surface area contributed by atoms with Gasteiger partial charge in [-0.2, -0.15) is 4.31 Å². The summed E-state index contributed by atoms with van der Waals surface area (Å²) in [7, 11) is -1.56. The van der Waals surface area contributed by atoms with E-state index in [-0.39, 0.29) is 27.9 Å². The Hall–Kier alpha value is -3.47. The molecule has 0 radical (unpaired) electrons. The SMILES string of the molecule is CN1CCN(S(=O)(=O)c2ccc(-c3ccc(C4=C5C(=O)NC(c6ccc(Cl)c(Cl)c6)=C5C(=O)N4)cc3)cc2)CC1. The fourth-order valence-corrected chi connectivity index (χ4v) is 6.81. The van der Waals surface area contributed by atoms with Crippen LogP contribution in [-0.2, 0) is 19.6 Å². The molecule has 0 atom stereocenters. The first kappa shape index (κ1) is 26.7. The Balaban J connectivity index is 1.27. The van der Waals surface area contributed by atoms with E-state index in [9.17, 15) is 18.0 Å². The van der Waals surface area contributed by atoms with Gasteiger partial charge in [-0.3, -0.25) is 9.59 Å². The van der Waals surface area contributed by atoms with E-state index in [0.717, 1.165) is 11.1 Å². The van der Waals surface area contributed by atoms with Crippen molar-refractivity contribution in [2.24, 2.45) is 0 Å². The summed E-state index contributed by atoms with van der Waals surface area (Å²) in [4.78, 5) is 28.2. The van der Waals surface area contributed by atoms with Gasteiger partial charge in [0.05, 0.1) is 37.5 Å². The molecule has 3 aromatic carbocycles. The lowest BCUT2D eigenvalue weighted by atomic mass is 9.99. The molecule has 0 aromatic heterocycles. The van der Waals surface area contributed by atoms with Gasteiger partial charge in [0.1, 0.15) is 0 Å². The van der Waals surface area contributed by atoms with Gasteiger partial charge in [-0.15, -0.1) is 0 Å². The molecule has 3 aromatic rings. The molecule has 0 unspecified atom stereocenters. The number of carbonyl (C=O) groups excluding carboxylic acids is 2. The van der Waals surface area contributed by atoms with Crippen LogP contribution in [0.5, 0.6) is 0 Å². The molecule has 3 heterocycles. The number of piperazine rings is 1. The van der Waals surface area contributed by atoms with E-state index in [1.54, 1.807) is 42.5 Å². The second-order valence-corrected chi connectivity index (χ2v) is 12.6. The van der Waals surface area contributed by atoms with Crippen molar-refractivity contribution in [3.8, 4) is 11.1 Å².